The molecule has 3 rings (SSSR count). The van der Waals surface area contributed by atoms with E-state index in [9.17, 15) is 9.18 Å². The summed E-state index contributed by atoms with van der Waals surface area (Å²) in [6, 6.07) is 11.3. The molecule has 0 aliphatic heterocycles. The van der Waals surface area contributed by atoms with Gasteiger partial charge in [0.25, 0.3) is 0 Å². The summed E-state index contributed by atoms with van der Waals surface area (Å²) in [6.07, 6.45) is 1.54. The summed E-state index contributed by atoms with van der Waals surface area (Å²) >= 11 is 3.23. The summed E-state index contributed by atoms with van der Waals surface area (Å²) in [5.74, 6) is -0.996. The molecule has 2 aromatic carbocycles. The number of ketones is 1. The standard InChI is InChI=1S/C16H8BrFN2O/c17-10-2-3-14(18)12(6-10)16(21)13-8-20-15-4-1-9(7-19)5-11(13)15/h1-6,8,20H. The van der Waals surface area contributed by atoms with Gasteiger partial charge in [-0.05, 0) is 36.4 Å². The van der Waals surface area contributed by atoms with Gasteiger partial charge in [0, 0.05) is 27.1 Å². The van der Waals surface area contributed by atoms with E-state index in [1.54, 1.807) is 18.2 Å². The summed E-state index contributed by atoms with van der Waals surface area (Å²) < 4.78 is 14.5. The number of hydrogen-bond acceptors (Lipinski definition) is 2. The molecule has 0 saturated heterocycles. The van der Waals surface area contributed by atoms with E-state index >= 15 is 0 Å². The Balaban J connectivity index is 2.18. The van der Waals surface area contributed by atoms with Crippen molar-refractivity contribution in [3.63, 3.8) is 0 Å². The quantitative estimate of drug-likeness (QED) is 0.710. The van der Waals surface area contributed by atoms with Crippen molar-refractivity contribution >= 4 is 32.6 Å². The minimum Gasteiger partial charge on any atom is -0.360 e. The number of aromatic nitrogens is 1. The van der Waals surface area contributed by atoms with Crippen LogP contribution >= 0.6 is 15.9 Å². The molecule has 1 N–H and O–H groups in total. The van der Waals surface area contributed by atoms with E-state index in [2.05, 4.69) is 20.9 Å². The van der Waals surface area contributed by atoms with E-state index in [1.807, 2.05) is 6.07 Å². The third-order valence-corrected chi connectivity index (χ3v) is 3.72. The maximum absolute atomic E-state index is 13.9. The van der Waals surface area contributed by atoms with Gasteiger partial charge in [0.1, 0.15) is 5.82 Å². The largest absolute Gasteiger partial charge is 0.360 e. The van der Waals surface area contributed by atoms with Crippen LogP contribution in [0.3, 0.4) is 0 Å². The first kappa shape index (κ1) is 13.5. The van der Waals surface area contributed by atoms with Crippen molar-refractivity contribution in [3.05, 3.63) is 69.6 Å². The highest BCUT2D eigenvalue weighted by Crippen LogP contribution is 2.25. The van der Waals surface area contributed by atoms with Crippen molar-refractivity contribution in [1.82, 2.24) is 4.98 Å². The van der Waals surface area contributed by atoms with Gasteiger partial charge in [-0.15, -0.1) is 0 Å². The molecule has 3 aromatic rings. The lowest BCUT2D eigenvalue weighted by Crippen LogP contribution is -2.03. The molecular weight excluding hydrogens is 335 g/mol. The molecule has 0 aliphatic rings. The zero-order valence-electron chi connectivity index (χ0n) is 10.7. The van der Waals surface area contributed by atoms with E-state index in [0.29, 0.717) is 21.0 Å². The molecule has 0 fully saturated rings. The van der Waals surface area contributed by atoms with Crippen LogP contribution in [0.15, 0.2) is 47.1 Å². The Bertz CT molecular complexity index is 908. The van der Waals surface area contributed by atoms with Gasteiger partial charge in [0.2, 0.25) is 0 Å². The Morgan fingerprint density at radius 3 is 2.76 bits per heavy atom. The van der Waals surface area contributed by atoms with Crippen LogP contribution in [0.2, 0.25) is 0 Å². The monoisotopic (exact) mass is 342 g/mol. The SMILES string of the molecule is N#Cc1ccc2[nH]cc(C(=O)c3cc(Br)ccc3F)c2c1. The minimum atomic E-state index is -0.575. The van der Waals surface area contributed by atoms with Crippen LogP contribution in [0.1, 0.15) is 21.5 Å². The molecule has 1 heterocycles. The van der Waals surface area contributed by atoms with Crippen LogP contribution in [0, 0.1) is 17.1 Å². The van der Waals surface area contributed by atoms with Gasteiger partial charge in [-0.3, -0.25) is 4.79 Å². The second-order valence-electron chi connectivity index (χ2n) is 4.53. The second kappa shape index (κ2) is 5.15. The molecule has 0 aliphatic carbocycles. The number of nitrogens with zero attached hydrogens (tertiary/aromatic N) is 1. The predicted octanol–water partition coefficient (Wildman–Crippen LogP) is 4.17. The van der Waals surface area contributed by atoms with Crippen LogP contribution in [-0.4, -0.2) is 10.8 Å². The minimum absolute atomic E-state index is 0.00682. The first-order valence-corrected chi connectivity index (χ1v) is 6.90. The molecule has 0 saturated carbocycles. The van der Waals surface area contributed by atoms with E-state index in [-0.39, 0.29) is 5.56 Å². The number of H-pyrrole nitrogens is 1. The summed E-state index contributed by atoms with van der Waals surface area (Å²) in [6.45, 7) is 0. The number of hydrogen-bond donors (Lipinski definition) is 1. The number of aromatic amines is 1. The topological polar surface area (TPSA) is 56.6 Å². The molecule has 0 atom stereocenters. The first-order valence-electron chi connectivity index (χ1n) is 6.11. The smallest absolute Gasteiger partial charge is 0.198 e. The molecule has 0 amide bonds. The number of benzene rings is 2. The lowest BCUT2D eigenvalue weighted by molar-refractivity contribution is 0.103. The van der Waals surface area contributed by atoms with E-state index in [1.165, 1.54) is 24.4 Å². The fourth-order valence-corrected chi connectivity index (χ4v) is 2.56. The maximum atomic E-state index is 13.9. The maximum Gasteiger partial charge on any atom is 0.198 e. The van der Waals surface area contributed by atoms with Crippen LogP contribution in [-0.2, 0) is 0 Å². The number of carbonyl (C=O) groups excluding carboxylic acids is 1. The Kier molecular flexibility index (Phi) is 3.32. The summed E-state index contributed by atoms with van der Waals surface area (Å²) in [4.78, 5) is 15.5. The third kappa shape index (κ3) is 2.34. The van der Waals surface area contributed by atoms with Crippen LogP contribution in [0.25, 0.3) is 10.9 Å². The highest BCUT2D eigenvalue weighted by molar-refractivity contribution is 9.10. The molecule has 0 bridgehead atoms. The molecule has 0 spiro atoms. The lowest BCUT2D eigenvalue weighted by atomic mass is 10.0. The number of fused-ring (bicyclic) bond motifs is 1. The molecule has 5 heteroatoms. The van der Waals surface area contributed by atoms with Crippen molar-refractivity contribution in [2.75, 3.05) is 0 Å². The average Bonchev–Trinajstić information content (AvgIpc) is 2.91. The molecule has 102 valence electrons. The number of rotatable bonds is 2. The third-order valence-electron chi connectivity index (χ3n) is 3.23. The van der Waals surface area contributed by atoms with Crippen molar-refractivity contribution in [3.8, 4) is 6.07 Å². The number of nitrogens with one attached hydrogen (secondary N) is 1. The highest BCUT2D eigenvalue weighted by atomic mass is 79.9. The normalized spacial score (nSPS) is 10.5. The van der Waals surface area contributed by atoms with Gasteiger partial charge in [-0.25, -0.2) is 4.39 Å². The molecule has 3 nitrogen and oxygen atoms in total. The first-order chi connectivity index (χ1) is 10.1. The second-order valence-corrected chi connectivity index (χ2v) is 5.44. The number of halogens is 2. The van der Waals surface area contributed by atoms with E-state index in [4.69, 9.17) is 5.26 Å². The van der Waals surface area contributed by atoms with Gasteiger partial charge >= 0.3 is 0 Å². The summed E-state index contributed by atoms with van der Waals surface area (Å²) in [7, 11) is 0. The molecule has 0 radical (unpaired) electrons. The molecular formula is C16H8BrFN2O. The molecule has 21 heavy (non-hydrogen) atoms. The van der Waals surface area contributed by atoms with Gasteiger partial charge in [0.05, 0.1) is 17.2 Å². The number of carbonyl (C=O) groups is 1. The van der Waals surface area contributed by atoms with Crippen molar-refractivity contribution in [1.29, 1.82) is 5.26 Å². The number of nitriles is 1. The Morgan fingerprint density at radius 2 is 2.00 bits per heavy atom. The highest BCUT2D eigenvalue weighted by Gasteiger charge is 2.18. The fourth-order valence-electron chi connectivity index (χ4n) is 2.19. The molecule has 1 aromatic heterocycles. The van der Waals surface area contributed by atoms with Gasteiger partial charge in [-0.2, -0.15) is 5.26 Å². The summed E-state index contributed by atoms with van der Waals surface area (Å²) in [5, 5.41) is 9.56. The average molecular weight is 343 g/mol. The lowest BCUT2D eigenvalue weighted by Gasteiger charge is -2.03. The van der Waals surface area contributed by atoms with Crippen molar-refractivity contribution in [2.45, 2.75) is 0 Å². The van der Waals surface area contributed by atoms with Crippen LogP contribution in [0.4, 0.5) is 4.39 Å². The Morgan fingerprint density at radius 1 is 1.19 bits per heavy atom. The van der Waals surface area contributed by atoms with Gasteiger partial charge < -0.3 is 4.98 Å². The van der Waals surface area contributed by atoms with E-state index in [0.717, 1.165) is 5.52 Å². The van der Waals surface area contributed by atoms with Gasteiger partial charge in [-0.1, -0.05) is 15.9 Å². The zero-order chi connectivity index (χ0) is 15.0. The van der Waals surface area contributed by atoms with Crippen LogP contribution < -0.4 is 0 Å². The Hall–Kier alpha value is -2.45. The van der Waals surface area contributed by atoms with E-state index < -0.39 is 11.6 Å². The fraction of sp³-hybridized carbons (Fsp3) is 0. The Labute approximate surface area is 128 Å². The van der Waals surface area contributed by atoms with Crippen molar-refractivity contribution in [2.24, 2.45) is 0 Å². The summed E-state index contributed by atoms with van der Waals surface area (Å²) in [5.41, 5.74) is 1.52. The van der Waals surface area contributed by atoms with Gasteiger partial charge in [0.15, 0.2) is 5.78 Å². The van der Waals surface area contributed by atoms with Crippen molar-refractivity contribution < 1.29 is 9.18 Å². The molecule has 0 unspecified atom stereocenters. The van der Waals surface area contributed by atoms with Crippen LogP contribution in [0.5, 0.6) is 0 Å². The predicted molar refractivity (Wildman–Crippen MR) is 80.5 cm³/mol. The zero-order valence-corrected chi connectivity index (χ0v) is 12.2.